The van der Waals surface area contributed by atoms with Crippen LogP contribution in [0.5, 0.6) is 11.5 Å². The molecule has 0 bridgehead atoms. The van der Waals surface area contributed by atoms with Crippen molar-refractivity contribution in [3.63, 3.8) is 0 Å². The predicted molar refractivity (Wildman–Crippen MR) is 117 cm³/mol. The quantitative estimate of drug-likeness (QED) is 0.526. The van der Waals surface area contributed by atoms with E-state index in [1.165, 1.54) is 13.2 Å². The van der Waals surface area contributed by atoms with E-state index in [0.29, 0.717) is 22.7 Å². The largest absolute Gasteiger partial charge is 0.493 e. The molecule has 1 aliphatic rings. The fourth-order valence-electron chi connectivity index (χ4n) is 3.02. The fraction of sp³-hybridized carbons (Fsp3) is 0.261. The number of anilines is 1. The van der Waals surface area contributed by atoms with E-state index in [9.17, 15) is 14.4 Å². The van der Waals surface area contributed by atoms with Crippen LogP contribution in [0.25, 0.3) is 6.08 Å². The summed E-state index contributed by atoms with van der Waals surface area (Å²) in [6.07, 6.45) is 1.39. The minimum absolute atomic E-state index is 0.0509. The molecule has 1 fully saturated rings. The zero-order valence-electron chi connectivity index (χ0n) is 17.9. The Morgan fingerprint density at radius 2 is 1.87 bits per heavy atom. The molecule has 0 spiro atoms. The Bertz CT molecular complexity index is 1030. The molecule has 2 aromatic rings. The number of nitrogens with zero attached hydrogens (tertiary/aromatic N) is 1. The number of hydrogen-bond donors (Lipinski definition) is 2. The third-order valence-electron chi connectivity index (χ3n) is 4.48. The van der Waals surface area contributed by atoms with Gasteiger partial charge in [0, 0.05) is 11.3 Å². The first kappa shape index (κ1) is 21.9. The third-order valence-corrected chi connectivity index (χ3v) is 4.48. The summed E-state index contributed by atoms with van der Waals surface area (Å²) >= 11 is 0. The van der Waals surface area contributed by atoms with Gasteiger partial charge in [-0.05, 0) is 45.0 Å². The van der Waals surface area contributed by atoms with Crippen LogP contribution < -0.4 is 20.1 Å². The number of rotatable bonds is 7. The summed E-state index contributed by atoms with van der Waals surface area (Å²) < 4.78 is 11.2. The van der Waals surface area contributed by atoms with Crippen LogP contribution in [0.1, 0.15) is 25.0 Å². The van der Waals surface area contributed by atoms with Crippen molar-refractivity contribution in [1.29, 1.82) is 0 Å². The second-order valence-electron chi connectivity index (χ2n) is 7.34. The van der Waals surface area contributed by atoms with Gasteiger partial charge in [0.05, 0.1) is 13.2 Å². The molecule has 0 unspecified atom stereocenters. The summed E-state index contributed by atoms with van der Waals surface area (Å²) in [5.74, 6) is -0.0968. The van der Waals surface area contributed by atoms with Gasteiger partial charge in [0.2, 0.25) is 5.91 Å². The van der Waals surface area contributed by atoms with Crippen molar-refractivity contribution in [2.45, 2.75) is 26.9 Å². The van der Waals surface area contributed by atoms with Crippen molar-refractivity contribution in [2.24, 2.45) is 0 Å². The minimum Gasteiger partial charge on any atom is -0.493 e. The van der Waals surface area contributed by atoms with Crippen molar-refractivity contribution in [2.75, 3.05) is 19.0 Å². The lowest BCUT2D eigenvalue weighted by Gasteiger charge is -2.16. The Balaban J connectivity index is 1.77. The standard InChI is InChI=1S/C23H25N3O5/c1-14(2)31-21-16(6-5-7-19(21)30-4)12-18-22(28)26(23(29)25-18)13-20(27)24-17-10-8-15(3)9-11-17/h5-12,14H,13H2,1-4H3,(H,24,27)(H,25,29). The maximum absolute atomic E-state index is 12.8. The van der Waals surface area contributed by atoms with Gasteiger partial charge in [-0.1, -0.05) is 29.8 Å². The number of amides is 4. The van der Waals surface area contributed by atoms with E-state index >= 15 is 0 Å². The monoisotopic (exact) mass is 423 g/mol. The molecule has 8 heteroatoms. The van der Waals surface area contributed by atoms with Crippen molar-refractivity contribution >= 4 is 29.6 Å². The molecular formula is C23H25N3O5. The lowest BCUT2D eigenvalue weighted by atomic mass is 10.1. The van der Waals surface area contributed by atoms with Crippen LogP contribution in [0.4, 0.5) is 10.5 Å². The highest BCUT2D eigenvalue weighted by atomic mass is 16.5. The first-order valence-corrected chi connectivity index (χ1v) is 9.83. The summed E-state index contributed by atoms with van der Waals surface area (Å²) in [5, 5.41) is 5.20. The fourth-order valence-corrected chi connectivity index (χ4v) is 3.02. The van der Waals surface area contributed by atoms with E-state index in [-0.39, 0.29) is 11.8 Å². The summed E-state index contributed by atoms with van der Waals surface area (Å²) in [5.41, 5.74) is 2.27. The molecule has 162 valence electrons. The van der Waals surface area contributed by atoms with Crippen molar-refractivity contribution in [1.82, 2.24) is 10.2 Å². The van der Waals surface area contributed by atoms with Gasteiger partial charge in [0.15, 0.2) is 11.5 Å². The number of carbonyl (C=O) groups excluding carboxylic acids is 3. The Hall–Kier alpha value is -3.81. The van der Waals surface area contributed by atoms with Crippen LogP contribution in [0.15, 0.2) is 48.2 Å². The minimum atomic E-state index is -0.662. The number of ether oxygens (including phenoxy) is 2. The van der Waals surface area contributed by atoms with Crippen LogP contribution in [-0.4, -0.2) is 42.5 Å². The number of imide groups is 1. The third kappa shape index (κ3) is 5.22. The predicted octanol–water partition coefficient (Wildman–Crippen LogP) is 3.32. The van der Waals surface area contributed by atoms with Crippen molar-refractivity contribution in [3.05, 3.63) is 59.3 Å². The average Bonchev–Trinajstić information content (AvgIpc) is 2.98. The zero-order chi connectivity index (χ0) is 22.5. The Morgan fingerprint density at radius 3 is 2.52 bits per heavy atom. The number of aryl methyl sites for hydroxylation is 1. The van der Waals surface area contributed by atoms with E-state index in [0.717, 1.165) is 10.5 Å². The second kappa shape index (κ2) is 9.34. The number of benzene rings is 2. The molecule has 1 aliphatic heterocycles. The second-order valence-corrected chi connectivity index (χ2v) is 7.34. The molecular weight excluding hydrogens is 398 g/mol. The molecule has 0 saturated carbocycles. The molecule has 1 saturated heterocycles. The van der Waals surface area contributed by atoms with E-state index in [2.05, 4.69) is 10.6 Å². The number of urea groups is 1. The average molecular weight is 423 g/mol. The summed E-state index contributed by atoms with van der Waals surface area (Å²) in [6.45, 7) is 5.29. The van der Waals surface area contributed by atoms with Crippen LogP contribution in [0.3, 0.4) is 0 Å². The van der Waals surface area contributed by atoms with Gasteiger partial charge in [-0.3, -0.25) is 9.59 Å². The van der Waals surface area contributed by atoms with Gasteiger partial charge in [0.1, 0.15) is 12.2 Å². The first-order valence-electron chi connectivity index (χ1n) is 9.83. The molecule has 1 heterocycles. The molecule has 8 nitrogen and oxygen atoms in total. The molecule has 0 aromatic heterocycles. The molecule has 0 aliphatic carbocycles. The van der Waals surface area contributed by atoms with E-state index < -0.39 is 24.4 Å². The molecule has 2 aromatic carbocycles. The van der Waals surface area contributed by atoms with Crippen molar-refractivity contribution in [3.8, 4) is 11.5 Å². The van der Waals surface area contributed by atoms with Gasteiger partial charge in [-0.25, -0.2) is 9.69 Å². The summed E-state index contributed by atoms with van der Waals surface area (Å²) in [6, 6.07) is 11.8. The molecule has 0 radical (unpaired) electrons. The highest BCUT2D eigenvalue weighted by Crippen LogP contribution is 2.33. The Labute approximate surface area is 180 Å². The van der Waals surface area contributed by atoms with E-state index in [4.69, 9.17) is 9.47 Å². The maximum Gasteiger partial charge on any atom is 0.329 e. The van der Waals surface area contributed by atoms with Crippen LogP contribution >= 0.6 is 0 Å². The molecule has 0 atom stereocenters. The normalized spacial score (nSPS) is 14.7. The van der Waals surface area contributed by atoms with E-state index in [1.807, 2.05) is 32.9 Å². The van der Waals surface area contributed by atoms with Crippen LogP contribution in [-0.2, 0) is 9.59 Å². The molecule has 3 rings (SSSR count). The van der Waals surface area contributed by atoms with Gasteiger partial charge in [0.25, 0.3) is 5.91 Å². The number of carbonyl (C=O) groups is 3. The highest BCUT2D eigenvalue weighted by Gasteiger charge is 2.35. The highest BCUT2D eigenvalue weighted by molar-refractivity contribution is 6.16. The maximum atomic E-state index is 12.8. The topological polar surface area (TPSA) is 97.0 Å². The lowest BCUT2D eigenvalue weighted by Crippen LogP contribution is -2.38. The molecule has 31 heavy (non-hydrogen) atoms. The number of methoxy groups -OCH3 is 1. The summed E-state index contributed by atoms with van der Waals surface area (Å²) in [7, 11) is 1.52. The number of nitrogens with one attached hydrogen (secondary N) is 2. The summed E-state index contributed by atoms with van der Waals surface area (Å²) in [4.78, 5) is 38.3. The lowest BCUT2D eigenvalue weighted by molar-refractivity contribution is -0.127. The molecule has 4 amide bonds. The van der Waals surface area contributed by atoms with Gasteiger partial charge in [-0.2, -0.15) is 0 Å². The Morgan fingerprint density at radius 1 is 1.16 bits per heavy atom. The smallest absolute Gasteiger partial charge is 0.329 e. The number of para-hydroxylation sites is 1. The SMILES string of the molecule is COc1cccc(C=C2NC(=O)N(CC(=O)Nc3ccc(C)cc3)C2=O)c1OC(C)C. The first-order chi connectivity index (χ1) is 14.8. The number of hydrogen-bond acceptors (Lipinski definition) is 5. The molecule has 2 N–H and O–H groups in total. The van der Waals surface area contributed by atoms with E-state index in [1.54, 1.807) is 30.3 Å². The zero-order valence-corrected chi connectivity index (χ0v) is 17.9. The van der Waals surface area contributed by atoms with Crippen LogP contribution in [0.2, 0.25) is 0 Å². The Kier molecular flexibility index (Phi) is 6.59. The van der Waals surface area contributed by atoms with Gasteiger partial charge < -0.3 is 20.1 Å². The van der Waals surface area contributed by atoms with Crippen LogP contribution in [0, 0.1) is 6.92 Å². The van der Waals surface area contributed by atoms with Gasteiger partial charge in [-0.15, -0.1) is 0 Å². The van der Waals surface area contributed by atoms with Gasteiger partial charge >= 0.3 is 6.03 Å². The van der Waals surface area contributed by atoms with Crippen molar-refractivity contribution < 1.29 is 23.9 Å².